The number of rotatable bonds is 4. The zero-order valence-electron chi connectivity index (χ0n) is 10.5. The molecule has 18 heavy (non-hydrogen) atoms. The molecule has 0 aliphatic heterocycles. The van der Waals surface area contributed by atoms with E-state index in [9.17, 15) is 4.79 Å². The lowest BCUT2D eigenvalue weighted by molar-refractivity contribution is 0.0946. The molecule has 0 fully saturated rings. The number of carbonyl (C=O) groups excluding carboxylic acids is 1. The van der Waals surface area contributed by atoms with E-state index >= 15 is 0 Å². The second-order valence-corrected chi connectivity index (χ2v) is 5.22. The lowest BCUT2D eigenvalue weighted by atomic mass is 10.2. The Labute approximate surface area is 109 Å². The summed E-state index contributed by atoms with van der Waals surface area (Å²) >= 11 is 1.55. The molecule has 0 bridgehead atoms. The average Bonchev–Trinajstić information content (AvgIpc) is 2.94. The van der Waals surface area contributed by atoms with E-state index in [-0.39, 0.29) is 5.91 Å². The number of carbonyl (C=O) groups is 1. The molecule has 6 nitrogen and oxygen atoms in total. The first-order valence-corrected chi connectivity index (χ1v) is 6.53. The van der Waals surface area contributed by atoms with E-state index in [0.29, 0.717) is 18.2 Å². The Kier molecular flexibility index (Phi) is 3.71. The Balaban J connectivity index is 1.93. The summed E-state index contributed by atoms with van der Waals surface area (Å²) in [6.07, 6.45) is 1.58. The molecule has 2 aromatic heterocycles. The van der Waals surface area contributed by atoms with Crippen LogP contribution in [-0.2, 0) is 13.6 Å². The maximum absolute atomic E-state index is 11.7. The highest BCUT2D eigenvalue weighted by Crippen LogP contribution is 2.17. The van der Waals surface area contributed by atoms with Crippen molar-refractivity contribution in [3.63, 3.8) is 0 Å². The predicted molar refractivity (Wildman–Crippen MR) is 68.4 cm³/mol. The molecule has 0 aromatic carbocycles. The summed E-state index contributed by atoms with van der Waals surface area (Å²) in [5.74, 6) is 0.176. The van der Waals surface area contributed by atoms with Gasteiger partial charge in [0.25, 0.3) is 5.91 Å². The van der Waals surface area contributed by atoms with Gasteiger partial charge in [0, 0.05) is 12.4 Å². The molecule has 2 heterocycles. The minimum Gasteiger partial charge on any atom is -0.344 e. The average molecular weight is 265 g/mol. The monoisotopic (exact) mass is 265 g/mol. The van der Waals surface area contributed by atoms with Gasteiger partial charge < -0.3 is 5.32 Å². The van der Waals surface area contributed by atoms with Crippen LogP contribution in [0.4, 0.5) is 0 Å². The fourth-order valence-corrected chi connectivity index (χ4v) is 2.26. The summed E-state index contributed by atoms with van der Waals surface area (Å²) in [5, 5.41) is 13.2. The zero-order valence-corrected chi connectivity index (χ0v) is 11.4. The van der Waals surface area contributed by atoms with Crippen molar-refractivity contribution in [3.05, 3.63) is 28.0 Å². The third-order valence-corrected chi connectivity index (χ3v) is 3.26. The van der Waals surface area contributed by atoms with Gasteiger partial charge in [-0.1, -0.05) is 19.1 Å². The minimum atomic E-state index is -0.232. The Morgan fingerprint density at radius 1 is 1.56 bits per heavy atom. The first kappa shape index (κ1) is 12.7. The molecule has 0 aliphatic rings. The molecule has 0 saturated heterocycles. The summed E-state index contributed by atoms with van der Waals surface area (Å²) in [5.41, 5.74) is 1.38. The van der Waals surface area contributed by atoms with E-state index in [2.05, 4.69) is 34.5 Å². The smallest absolute Gasteiger partial charge is 0.273 e. The summed E-state index contributed by atoms with van der Waals surface area (Å²) in [7, 11) is 1.72. The highest BCUT2D eigenvalue weighted by molar-refractivity contribution is 7.09. The van der Waals surface area contributed by atoms with Crippen LogP contribution in [0.1, 0.15) is 41.0 Å². The van der Waals surface area contributed by atoms with Crippen molar-refractivity contribution >= 4 is 17.2 Å². The van der Waals surface area contributed by atoms with Gasteiger partial charge in [0.05, 0.1) is 18.4 Å². The number of nitrogens with one attached hydrogen (secondary N) is 1. The standard InChI is InChI=1S/C11H15N5OS/c1-7(2)9-6-18-10(13-9)4-12-11(17)8-5-16(3)15-14-8/h5-7H,4H2,1-3H3,(H,12,17). The quantitative estimate of drug-likeness (QED) is 0.905. The summed E-state index contributed by atoms with van der Waals surface area (Å²) in [6, 6.07) is 0. The maximum atomic E-state index is 11.7. The van der Waals surface area contributed by atoms with Gasteiger partial charge in [-0.25, -0.2) is 4.98 Å². The number of thiazole rings is 1. The zero-order chi connectivity index (χ0) is 13.1. The van der Waals surface area contributed by atoms with Crippen LogP contribution in [-0.4, -0.2) is 25.9 Å². The van der Waals surface area contributed by atoms with E-state index in [4.69, 9.17) is 0 Å². The first-order valence-electron chi connectivity index (χ1n) is 5.65. The van der Waals surface area contributed by atoms with Crippen molar-refractivity contribution in [3.8, 4) is 0 Å². The van der Waals surface area contributed by atoms with Gasteiger partial charge in [0.1, 0.15) is 5.01 Å². The molecule has 0 saturated carbocycles. The third-order valence-electron chi connectivity index (χ3n) is 2.40. The maximum Gasteiger partial charge on any atom is 0.273 e. The van der Waals surface area contributed by atoms with Crippen LogP contribution in [0, 0.1) is 0 Å². The Morgan fingerprint density at radius 2 is 2.33 bits per heavy atom. The van der Waals surface area contributed by atoms with Crippen molar-refractivity contribution in [2.75, 3.05) is 0 Å². The van der Waals surface area contributed by atoms with Crippen LogP contribution >= 0.6 is 11.3 Å². The van der Waals surface area contributed by atoms with Crippen LogP contribution in [0.5, 0.6) is 0 Å². The van der Waals surface area contributed by atoms with Crippen LogP contribution in [0.25, 0.3) is 0 Å². The van der Waals surface area contributed by atoms with Crippen LogP contribution in [0.2, 0.25) is 0 Å². The predicted octanol–water partition coefficient (Wildman–Crippen LogP) is 1.32. The van der Waals surface area contributed by atoms with Gasteiger partial charge in [-0.05, 0) is 5.92 Å². The molecule has 1 N–H and O–H groups in total. The van der Waals surface area contributed by atoms with Crippen LogP contribution in [0.3, 0.4) is 0 Å². The lowest BCUT2D eigenvalue weighted by Crippen LogP contribution is -2.23. The van der Waals surface area contributed by atoms with Crippen molar-refractivity contribution in [1.29, 1.82) is 0 Å². The van der Waals surface area contributed by atoms with E-state index < -0.39 is 0 Å². The normalized spacial score (nSPS) is 10.9. The Morgan fingerprint density at radius 3 is 2.89 bits per heavy atom. The number of hydrogen-bond acceptors (Lipinski definition) is 5. The van der Waals surface area contributed by atoms with Gasteiger partial charge in [0.15, 0.2) is 5.69 Å². The van der Waals surface area contributed by atoms with Gasteiger partial charge in [0.2, 0.25) is 0 Å². The molecule has 7 heteroatoms. The minimum absolute atomic E-state index is 0.232. The fraction of sp³-hybridized carbons (Fsp3) is 0.455. The molecule has 0 unspecified atom stereocenters. The number of aromatic nitrogens is 4. The van der Waals surface area contributed by atoms with Crippen LogP contribution < -0.4 is 5.32 Å². The van der Waals surface area contributed by atoms with Gasteiger partial charge in [-0.3, -0.25) is 9.48 Å². The highest BCUT2D eigenvalue weighted by atomic mass is 32.1. The SMILES string of the molecule is CC(C)c1csc(CNC(=O)c2cn(C)nn2)n1. The molecule has 1 amide bonds. The topological polar surface area (TPSA) is 72.7 Å². The molecule has 0 radical (unpaired) electrons. The summed E-state index contributed by atoms with van der Waals surface area (Å²) < 4.78 is 1.50. The Bertz CT molecular complexity index is 545. The Hall–Kier alpha value is -1.76. The van der Waals surface area contributed by atoms with Crippen molar-refractivity contribution in [2.24, 2.45) is 7.05 Å². The van der Waals surface area contributed by atoms with Crippen LogP contribution in [0.15, 0.2) is 11.6 Å². The van der Waals surface area contributed by atoms with Gasteiger partial charge in [-0.15, -0.1) is 16.4 Å². The molecular weight excluding hydrogens is 250 g/mol. The summed E-state index contributed by atoms with van der Waals surface area (Å²) in [6.45, 7) is 4.61. The molecule has 2 rings (SSSR count). The second kappa shape index (κ2) is 5.26. The van der Waals surface area contributed by atoms with E-state index in [1.54, 1.807) is 24.6 Å². The number of aryl methyl sites for hydroxylation is 1. The first-order chi connectivity index (χ1) is 8.56. The largest absolute Gasteiger partial charge is 0.344 e. The fourth-order valence-electron chi connectivity index (χ4n) is 1.37. The molecule has 0 spiro atoms. The second-order valence-electron chi connectivity index (χ2n) is 4.28. The molecule has 0 atom stereocenters. The van der Waals surface area contributed by atoms with E-state index in [1.165, 1.54) is 4.68 Å². The summed E-state index contributed by atoms with van der Waals surface area (Å²) in [4.78, 5) is 16.2. The van der Waals surface area contributed by atoms with Gasteiger partial charge in [-0.2, -0.15) is 0 Å². The van der Waals surface area contributed by atoms with Crippen molar-refractivity contribution < 1.29 is 4.79 Å². The highest BCUT2D eigenvalue weighted by Gasteiger charge is 2.11. The van der Waals surface area contributed by atoms with E-state index in [1.807, 2.05) is 5.38 Å². The van der Waals surface area contributed by atoms with E-state index in [0.717, 1.165) is 10.7 Å². The number of hydrogen-bond donors (Lipinski definition) is 1. The number of amides is 1. The third kappa shape index (κ3) is 2.92. The van der Waals surface area contributed by atoms with Crippen molar-refractivity contribution in [1.82, 2.24) is 25.3 Å². The lowest BCUT2D eigenvalue weighted by Gasteiger charge is -2.00. The molecular formula is C11H15N5OS. The molecule has 96 valence electrons. The number of nitrogens with zero attached hydrogens (tertiary/aromatic N) is 4. The molecule has 2 aromatic rings. The van der Waals surface area contributed by atoms with Crippen molar-refractivity contribution in [2.45, 2.75) is 26.3 Å². The van der Waals surface area contributed by atoms with Gasteiger partial charge >= 0.3 is 0 Å². The molecule has 0 aliphatic carbocycles.